The molecule has 1 fully saturated rings. The number of Topliss-reactive ketones (excluding diaryl/α,β-unsaturated/α-hetero) is 1. The number of non-ortho nitro benzene ring substituents is 1. The van der Waals surface area contributed by atoms with Gasteiger partial charge >= 0.3 is 5.91 Å². The van der Waals surface area contributed by atoms with E-state index in [1.165, 1.54) is 18.2 Å². The number of carbonyl (C=O) groups is 2. The van der Waals surface area contributed by atoms with E-state index in [9.17, 15) is 24.8 Å². The minimum absolute atomic E-state index is 0.156. The maximum absolute atomic E-state index is 13.1. The lowest BCUT2D eigenvalue weighted by Gasteiger charge is -2.22. The number of nitro benzene ring substituents is 1. The Kier molecular flexibility index (Phi) is 5.31. The molecule has 1 atom stereocenters. The molecule has 2 heterocycles. The van der Waals surface area contributed by atoms with Crippen LogP contribution in [0.2, 0.25) is 0 Å². The van der Waals surface area contributed by atoms with Crippen LogP contribution in [-0.4, -0.2) is 31.9 Å². The molecule has 0 bridgehead atoms. The van der Waals surface area contributed by atoms with E-state index in [4.69, 9.17) is 0 Å². The molecule has 0 radical (unpaired) electrons. The van der Waals surface area contributed by atoms with E-state index in [0.29, 0.717) is 21.7 Å². The second kappa shape index (κ2) is 7.97. The molecule has 3 aromatic rings. The second-order valence-electron chi connectivity index (χ2n) is 7.44. The first-order valence-electron chi connectivity index (χ1n) is 9.62. The van der Waals surface area contributed by atoms with Crippen LogP contribution in [0.3, 0.4) is 0 Å². The molecular formula is C22H18N4O5S. The van der Waals surface area contributed by atoms with Crippen LogP contribution >= 0.6 is 11.3 Å². The highest BCUT2D eigenvalue weighted by atomic mass is 32.1. The third-order valence-corrected chi connectivity index (χ3v) is 6.05. The predicted octanol–water partition coefficient (Wildman–Crippen LogP) is 4.00. The zero-order valence-corrected chi connectivity index (χ0v) is 18.2. The van der Waals surface area contributed by atoms with Gasteiger partial charge in [0.2, 0.25) is 5.13 Å². The van der Waals surface area contributed by atoms with Gasteiger partial charge in [-0.05, 0) is 38.0 Å². The number of rotatable bonds is 4. The molecule has 0 aliphatic carbocycles. The highest BCUT2D eigenvalue weighted by Gasteiger charge is 2.48. The van der Waals surface area contributed by atoms with Crippen molar-refractivity contribution in [2.24, 2.45) is 0 Å². The minimum Gasteiger partial charge on any atom is -0.507 e. The number of aromatic nitrogens is 2. The highest BCUT2D eigenvalue weighted by Crippen LogP contribution is 2.43. The topological polar surface area (TPSA) is 127 Å². The largest absolute Gasteiger partial charge is 0.507 e. The molecule has 1 aliphatic heterocycles. The monoisotopic (exact) mass is 450 g/mol. The third kappa shape index (κ3) is 3.54. The summed E-state index contributed by atoms with van der Waals surface area (Å²) in [5.41, 5.74) is 1.93. The van der Waals surface area contributed by atoms with Crippen molar-refractivity contribution in [3.8, 4) is 0 Å². The van der Waals surface area contributed by atoms with Gasteiger partial charge in [-0.1, -0.05) is 41.2 Å². The van der Waals surface area contributed by atoms with Crippen LogP contribution in [0.1, 0.15) is 33.3 Å². The van der Waals surface area contributed by atoms with Gasteiger partial charge in [0.25, 0.3) is 11.5 Å². The van der Waals surface area contributed by atoms with Crippen LogP contribution in [0.4, 0.5) is 10.8 Å². The lowest BCUT2D eigenvalue weighted by Crippen LogP contribution is -2.29. The van der Waals surface area contributed by atoms with Crippen molar-refractivity contribution >= 4 is 39.6 Å². The van der Waals surface area contributed by atoms with Gasteiger partial charge in [-0.25, -0.2) is 0 Å². The zero-order chi connectivity index (χ0) is 23.2. The predicted molar refractivity (Wildman–Crippen MR) is 118 cm³/mol. The second-order valence-corrected chi connectivity index (χ2v) is 8.60. The first-order valence-corrected chi connectivity index (χ1v) is 10.4. The van der Waals surface area contributed by atoms with Gasteiger partial charge in [-0.15, -0.1) is 10.2 Å². The number of aliphatic hydroxyl groups excluding tert-OH is 1. The molecule has 1 aliphatic rings. The van der Waals surface area contributed by atoms with Gasteiger partial charge in [0, 0.05) is 17.7 Å². The van der Waals surface area contributed by atoms with Crippen LogP contribution in [0, 0.1) is 30.9 Å². The molecule has 1 N–H and O–H groups in total. The van der Waals surface area contributed by atoms with Crippen LogP contribution in [0.25, 0.3) is 5.76 Å². The Morgan fingerprint density at radius 1 is 1.12 bits per heavy atom. The number of ketones is 1. The number of amides is 1. The number of carbonyl (C=O) groups excluding carboxylic acids is 2. The summed E-state index contributed by atoms with van der Waals surface area (Å²) in [4.78, 5) is 38.1. The number of aliphatic hydroxyl groups is 1. The van der Waals surface area contributed by atoms with Crippen molar-refractivity contribution in [1.29, 1.82) is 0 Å². The maximum atomic E-state index is 13.1. The number of anilines is 1. The third-order valence-electron chi connectivity index (χ3n) is 5.21. The van der Waals surface area contributed by atoms with Gasteiger partial charge in [-0.2, -0.15) is 0 Å². The number of aryl methyl sites for hydroxylation is 3. The first kappa shape index (κ1) is 21.3. The molecular weight excluding hydrogens is 432 g/mol. The average molecular weight is 450 g/mol. The van der Waals surface area contributed by atoms with Crippen molar-refractivity contribution in [3.63, 3.8) is 0 Å². The Bertz CT molecular complexity index is 1310. The summed E-state index contributed by atoms with van der Waals surface area (Å²) >= 11 is 1.11. The van der Waals surface area contributed by atoms with Crippen molar-refractivity contribution in [2.45, 2.75) is 26.8 Å². The molecule has 1 aromatic heterocycles. The number of hydrogen-bond acceptors (Lipinski definition) is 8. The summed E-state index contributed by atoms with van der Waals surface area (Å²) in [6, 6.07) is 9.93. The van der Waals surface area contributed by atoms with E-state index in [2.05, 4.69) is 10.2 Å². The van der Waals surface area contributed by atoms with Gasteiger partial charge in [0.15, 0.2) is 0 Å². The Balaban J connectivity index is 2.00. The maximum Gasteiger partial charge on any atom is 0.301 e. The Morgan fingerprint density at radius 2 is 1.88 bits per heavy atom. The van der Waals surface area contributed by atoms with E-state index in [0.717, 1.165) is 21.8 Å². The fraction of sp³-hybridized carbons (Fsp3) is 0.182. The summed E-state index contributed by atoms with van der Waals surface area (Å²) in [7, 11) is 0. The molecule has 0 saturated carbocycles. The number of nitrogens with zero attached hydrogens (tertiary/aromatic N) is 4. The van der Waals surface area contributed by atoms with Crippen molar-refractivity contribution in [2.75, 3.05) is 4.90 Å². The SMILES string of the molecule is Cc1ccc(C)c(C(O)=C2C(=O)C(=O)N(c3nnc(C)s3)C2c2cccc([N+](=O)[O-])c2)c1. The quantitative estimate of drug-likeness (QED) is 0.209. The van der Waals surface area contributed by atoms with E-state index < -0.39 is 22.7 Å². The smallest absolute Gasteiger partial charge is 0.301 e. The van der Waals surface area contributed by atoms with Crippen LogP contribution in [0.15, 0.2) is 48.0 Å². The highest BCUT2D eigenvalue weighted by molar-refractivity contribution is 7.15. The standard InChI is InChI=1S/C22H18N4O5S/c1-11-7-8-12(2)16(9-11)19(27)17-18(14-5-4-6-15(10-14)26(30)31)25(21(29)20(17)28)22-24-23-13(3)32-22/h4-10,18,27H,1-3H3. The molecule has 1 amide bonds. The van der Waals surface area contributed by atoms with Gasteiger partial charge in [-0.3, -0.25) is 24.6 Å². The lowest BCUT2D eigenvalue weighted by molar-refractivity contribution is -0.384. The molecule has 32 heavy (non-hydrogen) atoms. The fourth-order valence-electron chi connectivity index (χ4n) is 3.67. The van der Waals surface area contributed by atoms with Crippen molar-refractivity contribution < 1.29 is 19.6 Å². The Morgan fingerprint density at radius 3 is 2.53 bits per heavy atom. The molecule has 1 unspecified atom stereocenters. The van der Waals surface area contributed by atoms with Crippen molar-refractivity contribution in [1.82, 2.24) is 10.2 Å². The van der Waals surface area contributed by atoms with Gasteiger partial charge in [0.1, 0.15) is 10.8 Å². The van der Waals surface area contributed by atoms with E-state index in [1.807, 2.05) is 13.0 Å². The Hall–Kier alpha value is -3.92. The summed E-state index contributed by atoms with van der Waals surface area (Å²) < 4.78 is 0. The molecule has 0 spiro atoms. The van der Waals surface area contributed by atoms with Crippen molar-refractivity contribution in [3.05, 3.63) is 85.4 Å². The minimum atomic E-state index is -1.10. The molecule has 9 nitrogen and oxygen atoms in total. The molecule has 1 saturated heterocycles. The number of hydrogen-bond donors (Lipinski definition) is 1. The molecule has 4 rings (SSSR count). The summed E-state index contributed by atoms with van der Waals surface area (Å²) in [5, 5.41) is 31.2. The van der Waals surface area contributed by atoms with E-state index >= 15 is 0 Å². The first-order chi connectivity index (χ1) is 15.2. The molecule has 2 aromatic carbocycles. The lowest BCUT2D eigenvalue weighted by atomic mass is 9.93. The normalized spacial score (nSPS) is 17.7. The molecule has 10 heteroatoms. The molecule has 162 valence electrons. The van der Waals surface area contributed by atoms with Crippen LogP contribution in [-0.2, 0) is 9.59 Å². The van der Waals surface area contributed by atoms with E-state index in [-0.39, 0.29) is 22.2 Å². The van der Waals surface area contributed by atoms with E-state index in [1.54, 1.807) is 32.0 Å². The van der Waals surface area contributed by atoms with Gasteiger partial charge < -0.3 is 5.11 Å². The Labute approximate surface area is 186 Å². The summed E-state index contributed by atoms with van der Waals surface area (Å²) in [6.45, 7) is 5.33. The zero-order valence-electron chi connectivity index (χ0n) is 17.4. The summed E-state index contributed by atoms with van der Waals surface area (Å²) in [5.74, 6) is -2.12. The van der Waals surface area contributed by atoms with Crippen LogP contribution < -0.4 is 4.90 Å². The number of nitro groups is 1. The van der Waals surface area contributed by atoms with Gasteiger partial charge in [0.05, 0.1) is 16.5 Å². The van der Waals surface area contributed by atoms with Crippen LogP contribution in [0.5, 0.6) is 0 Å². The summed E-state index contributed by atoms with van der Waals surface area (Å²) in [6.07, 6.45) is 0. The average Bonchev–Trinajstić information content (AvgIpc) is 3.30. The fourth-order valence-corrected chi connectivity index (χ4v) is 4.39. The number of benzene rings is 2.